The van der Waals surface area contributed by atoms with Crippen molar-refractivity contribution in [1.82, 2.24) is 4.73 Å². The smallest absolute Gasteiger partial charge is 0.331 e. The molecule has 0 unspecified atom stereocenters. The normalized spacial score (nSPS) is 11.4. The Balaban J connectivity index is 2.02. The highest BCUT2D eigenvalue weighted by Crippen LogP contribution is 2.38. The van der Waals surface area contributed by atoms with Crippen LogP contribution in [-0.4, -0.2) is 10.7 Å². The number of benzene rings is 4. The van der Waals surface area contributed by atoms with E-state index in [9.17, 15) is 4.79 Å². The molecular weight excluding hydrogens is 334 g/mol. The molecule has 1 aromatic heterocycles. The zero-order valence-corrected chi connectivity index (χ0v) is 14.9. The summed E-state index contributed by atoms with van der Waals surface area (Å²) < 4.78 is 1.64. The summed E-state index contributed by atoms with van der Waals surface area (Å²) in [5.74, 6) is -0.435. The fourth-order valence-corrected chi connectivity index (χ4v) is 3.77. The van der Waals surface area contributed by atoms with Gasteiger partial charge in [-0.3, -0.25) is 0 Å². The quantitative estimate of drug-likeness (QED) is 0.386. The van der Waals surface area contributed by atoms with Crippen molar-refractivity contribution in [3.8, 4) is 0 Å². The molecule has 1 heterocycles. The lowest BCUT2D eigenvalue weighted by Crippen LogP contribution is -2.19. The summed E-state index contributed by atoms with van der Waals surface area (Å²) in [6, 6.07) is 24.7. The maximum atomic E-state index is 12.3. The highest BCUT2D eigenvalue weighted by atomic mass is 16.7. The van der Waals surface area contributed by atoms with Crippen molar-refractivity contribution in [2.75, 3.05) is 0 Å². The summed E-state index contributed by atoms with van der Waals surface area (Å²) in [6.45, 7) is 5.36. The van der Waals surface area contributed by atoms with Crippen molar-refractivity contribution in [3.05, 3.63) is 84.9 Å². The molecule has 0 saturated heterocycles. The van der Waals surface area contributed by atoms with Gasteiger partial charge in [-0.15, -0.1) is 0 Å². The molecule has 0 radical (unpaired) electrons. The minimum absolute atomic E-state index is 0.367. The van der Waals surface area contributed by atoms with Crippen molar-refractivity contribution >= 4 is 49.3 Å². The number of aromatic nitrogens is 1. The molecule has 0 amide bonds. The summed E-state index contributed by atoms with van der Waals surface area (Å²) in [5.41, 5.74) is 2.11. The summed E-state index contributed by atoms with van der Waals surface area (Å²) >= 11 is 0. The average Bonchev–Trinajstić information content (AvgIpc) is 3.02. The molecule has 0 fully saturated rings. The predicted octanol–water partition coefficient (Wildman–Crippen LogP) is 5.63. The molecule has 0 N–H and O–H groups in total. The summed E-state index contributed by atoms with van der Waals surface area (Å²) in [5, 5.41) is 6.78. The van der Waals surface area contributed by atoms with Gasteiger partial charge in [0.05, 0.1) is 11.0 Å². The highest BCUT2D eigenvalue weighted by Gasteiger charge is 2.18. The number of hydrogen-bond acceptors (Lipinski definition) is 2. The Morgan fingerprint density at radius 3 is 1.74 bits per heavy atom. The van der Waals surface area contributed by atoms with Gasteiger partial charge in [0.25, 0.3) is 0 Å². The van der Waals surface area contributed by atoms with E-state index in [0.717, 1.165) is 43.4 Å². The van der Waals surface area contributed by atoms with Crippen LogP contribution in [0.15, 0.2) is 84.9 Å². The van der Waals surface area contributed by atoms with E-state index < -0.39 is 5.97 Å². The molecule has 0 aliphatic heterocycles. The number of nitrogens with zero attached hydrogens (tertiary/aromatic N) is 1. The molecule has 3 heteroatoms. The Hall–Kier alpha value is -3.59. The number of carbonyl (C=O) groups is 1. The van der Waals surface area contributed by atoms with Gasteiger partial charge in [0, 0.05) is 16.3 Å². The highest BCUT2D eigenvalue weighted by molar-refractivity contribution is 6.27. The third kappa shape index (κ3) is 2.25. The average molecular weight is 351 g/mol. The Morgan fingerprint density at radius 1 is 0.778 bits per heavy atom. The van der Waals surface area contributed by atoms with E-state index in [1.54, 1.807) is 11.7 Å². The first-order valence-electron chi connectivity index (χ1n) is 8.87. The molecule has 5 rings (SSSR count). The van der Waals surface area contributed by atoms with Gasteiger partial charge < -0.3 is 4.84 Å². The van der Waals surface area contributed by atoms with E-state index in [0.29, 0.717) is 5.57 Å². The zero-order valence-electron chi connectivity index (χ0n) is 14.9. The van der Waals surface area contributed by atoms with Gasteiger partial charge in [-0.25, -0.2) is 4.79 Å². The molecule has 0 bridgehead atoms. The van der Waals surface area contributed by atoms with E-state index in [1.165, 1.54) is 0 Å². The topological polar surface area (TPSA) is 31.2 Å². The van der Waals surface area contributed by atoms with Gasteiger partial charge in [0.1, 0.15) is 0 Å². The number of hydrogen-bond donors (Lipinski definition) is 0. The van der Waals surface area contributed by atoms with E-state index >= 15 is 0 Å². The van der Waals surface area contributed by atoms with Crippen LogP contribution >= 0.6 is 0 Å². The standard InChI is InChI=1S/C24H17NO2/c1-15(2)24(26)27-25-20-13-11-16-7-3-5-9-18(16)22(20)23-19-10-6-4-8-17(19)12-14-21(23)25/h3-14H,1H2,2H3. The fraction of sp³-hybridized carbons (Fsp3) is 0.0417. The van der Waals surface area contributed by atoms with Crippen LogP contribution in [0.4, 0.5) is 0 Å². The molecular formula is C24H17NO2. The second kappa shape index (κ2) is 5.71. The van der Waals surface area contributed by atoms with Crippen molar-refractivity contribution in [2.24, 2.45) is 0 Å². The minimum atomic E-state index is -0.435. The maximum Gasteiger partial charge on any atom is 0.358 e. The summed E-state index contributed by atoms with van der Waals surface area (Å²) in [7, 11) is 0. The number of carbonyl (C=O) groups excluding carboxylic acids is 1. The van der Waals surface area contributed by atoms with Gasteiger partial charge in [0.2, 0.25) is 0 Å². The van der Waals surface area contributed by atoms with E-state index in [1.807, 2.05) is 36.4 Å². The Bertz CT molecular complexity index is 1300. The predicted molar refractivity (Wildman–Crippen MR) is 111 cm³/mol. The third-order valence-electron chi connectivity index (χ3n) is 5.02. The van der Waals surface area contributed by atoms with Crippen LogP contribution < -0.4 is 4.84 Å². The first-order chi connectivity index (χ1) is 13.1. The van der Waals surface area contributed by atoms with Gasteiger partial charge in [-0.2, -0.15) is 4.73 Å². The molecule has 4 aromatic carbocycles. The Morgan fingerprint density at radius 2 is 1.26 bits per heavy atom. The van der Waals surface area contributed by atoms with Crippen molar-refractivity contribution < 1.29 is 9.63 Å². The minimum Gasteiger partial charge on any atom is -0.331 e. The van der Waals surface area contributed by atoms with Crippen molar-refractivity contribution in [3.63, 3.8) is 0 Å². The van der Waals surface area contributed by atoms with E-state index in [4.69, 9.17) is 4.84 Å². The second-order valence-corrected chi connectivity index (χ2v) is 6.82. The van der Waals surface area contributed by atoms with Crippen molar-refractivity contribution in [1.29, 1.82) is 0 Å². The third-order valence-corrected chi connectivity index (χ3v) is 5.02. The van der Waals surface area contributed by atoms with Crippen molar-refractivity contribution in [2.45, 2.75) is 6.92 Å². The molecule has 0 aliphatic rings. The lowest BCUT2D eigenvalue weighted by atomic mass is 10.00. The van der Waals surface area contributed by atoms with E-state index in [2.05, 4.69) is 43.0 Å². The lowest BCUT2D eigenvalue weighted by Gasteiger charge is -2.08. The molecule has 0 aliphatic carbocycles. The zero-order chi connectivity index (χ0) is 18.5. The van der Waals surface area contributed by atoms with Crippen LogP contribution in [0.25, 0.3) is 43.4 Å². The van der Waals surface area contributed by atoms with Crippen LogP contribution in [0.5, 0.6) is 0 Å². The fourth-order valence-electron chi connectivity index (χ4n) is 3.77. The second-order valence-electron chi connectivity index (χ2n) is 6.82. The summed E-state index contributed by atoms with van der Waals surface area (Å²) in [4.78, 5) is 18.0. The largest absolute Gasteiger partial charge is 0.358 e. The number of fused-ring (bicyclic) bond motifs is 7. The first-order valence-corrected chi connectivity index (χ1v) is 8.87. The van der Waals surface area contributed by atoms with E-state index in [-0.39, 0.29) is 0 Å². The summed E-state index contributed by atoms with van der Waals surface area (Å²) in [6.07, 6.45) is 0. The van der Waals surface area contributed by atoms with Crippen LogP contribution in [0, 0.1) is 0 Å². The molecule has 0 saturated carbocycles. The van der Waals surface area contributed by atoms with Gasteiger partial charge in [0.15, 0.2) is 0 Å². The Kier molecular flexibility index (Phi) is 3.31. The first kappa shape index (κ1) is 15.6. The van der Waals surface area contributed by atoms with Crippen LogP contribution in [0.1, 0.15) is 6.92 Å². The van der Waals surface area contributed by atoms with Gasteiger partial charge >= 0.3 is 5.97 Å². The lowest BCUT2D eigenvalue weighted by molar-refractivity contribution is -0.138. The molecule has 0 spiro atoms. The Labute approximate surface area is 156 Å². The maximum absolute atomic E-state index is 12.3. The molecule has 27 heavy (non-hydrogen) atoms. The molecule has 5 aromatic rings. The van der Waals surface area contributed by atoms with Gasteiger partial charge in [-0.1, -0.05) is 67.2 Å². The SMILES string of the molecule is C=C(C)C(=O)On1c2ccc3ccccc3c2c2c3ccccc3ccc21. The number of rotatable bonds is 2. The monoisotopic (exact) mass is 351 g/mol. The van der Waals surface area contributed by atoms with Crippen LogP contribution in [0.2, 0.25) is 0 Å². The molecule has 0 atom stereocenters. The van der Waals surface area contributed by atoms with Crippen LogP contribution in [0.3, 0.4) is 0 Å². The van der Waals surface area contributed by atoms with Gasteiger partial charge in [-0.05, 0) is 40.6 Å². The van der Waals surface area contributed by atoms with Crippen LogP contribution in [-0.2, 0) is 4.79 Å². The molecule has 3 nitrogen and oxygen atoms in total. The molecule has 130 valence electrons.